The fourth-order valence-electron chi connectivity index (χ4n) is 6.71. The summed E-state index contributed by atoms with van der Waals surface area (Å²) in [5.41, 5.74) is 1.32. The Morgan fingerprint density at radius 1 is 0.719 bits per heavy atom. The van der Waals surface area contributed by atoms with Gasteiger partial charge in [0, 0.05) is 60.8 Å². The molecule has 19 heteroatoms. The van der Waals surface area contributed by atoms with E-state index in [-0.39, 0.29) is 17.2 Å². The van der Waals surface area contributed by atoms with Gasteiger partial charge in [-0.2, -0.15) is 0 Å². The van der Waals surface area contributed by atoms with Gasteiger partial charge < -0.3 is 29.9 Å². The molecule has 1 aromatic carbocycles. The Kier molecular flexibility index (Phi) is 12.3. The molecule has 2 fully saturated rings. The van der Waals surface area contributed by atoms with Crippen LogP contribution in [-0.2, 0) is 9.47 Å². The van der Waals surface area contributed by atoms with Crippen molar-refractivity contribution in [2.24, 2.45) is 0 Å². The first-order valence-corrected chi connectivity index (χ1v) is 20.6. The minimum absolute atomic E-state index is 0.283. The second-order valence-electron chi connectivity index (χ2n) is 16.9. The Morgan fingerprint density at radius 3 is 1.67 bits per heavy atom. The largest absolute Gasteiger partial charge is 0.444 e. The fraction of sp³-hybridized carbons (Fsp3) is 0.526. The molecule has 2 N–H and O–H groups in total. The predicted octanol–water partition coefficient (Wildman–Crippen LogP) is 7.59. The van der Waals surface area contributed by atoms with Crippen LogP contribution in [-0.4, -0.2) is 99.8 Å². The van der Waals surface area contributed by atoms with Gasteiger partial charge in [-0.05, 0) is 110 Å². The summed E-state index contributed by atoms with van der Waals surface area (Å²) >= 11 is 14.8. The molecule has 0 aliphatic carbocycles. The average Bonchev–Trinajstić information content (AvgIpc) is 3.81. The van der Waals surface area contributed by atoms with E-state index in [0.717, 1.165) is 71.0 Å². The van der Waals surface area contributed by atoms with Crippen molar-refractivity contribution in [1.82, 2.24) is 49.8 Å². The normalized spacial score (nSPS) is 16.8. The lowest BCUT2D eigenvalue weighted by Gasteiger charge is -2.40. The Hall–Kier alpha value is -4.23. The first-order valence-electron chi connectivity index (χ1n) is 18.7. The number of nitrogens with zero attached hydrogens (tertiary/aromatic N) is 10. The molecule has 2 aliphatic rings. The lowest BCUT2D eigenvalue weighted by molar-refractivity contribution is 0.0435. The van der Waals surface area contributed by atoms with Crippen molar-refractivity contribution in [3.63, 3.8) is 0 Å². The standard InChI is InChI=1S/C22H26Cl2N6O2.C16H23IN6O2/c1-21(2,3)32-20(31)27-22(4)8-10-29(11-9-22)19-25-12-15(18-28-26-13-30(18)19)14-6-5-7-16(23)17(14)24;1-15(2,3)25-14(24)20-16(4)5-7-22(8-6-16)13-18-9-11(17)12-21-19-10-23(12)13/h5-7,12-13H,8-11H2,1-4H3,(H,27,31);9-10H,5-8H2,1-4H3,(H,20,24). The third-order valence-electron chi connectivity index (χ3n) is 9.73. The summed E-state index contributed by atoms with van der Waals surface area (Å²) in [5.74, 6) is 1.57. The number of rotatable bonds is 5. The van der Waals surface area contributed by atoms with Gasteiger partial charge in [0.2, 0.25) is 11.9 Å². The summed E-state index contributed by atoms with van der Waals surface area (Å²) in [4.78, 5) is 37.9. The molecule has 0 bridgehead atoms. The lowest BCUT2D eigenvalue weighted by Crippen LogP contribution is -2.54. The van der Waals surface area contributed by atoms with E-state index in [0.29, 0.717) is 28.8 Å². The van der Waals surface area contributed by atoms with E-state index in [9.17, 15) is 9.59 Å². The monoisotopic (exact) mass is 934 g/mol. The van der Waals surface area contributed by atoms with E-state index in [1.54, 1.807) is 24.9 Å². The molecule has 306 valence electrons. The highest BCUT2D eigenvalue weighted by molar-refractivity contribution is 14.1. The van der Waals surface area contributed by atoms with Crippen molar-refractivity contribution < 1.29 is 19.1 Å². The lowest BCUT2D eigenvalue weighted by atomic mass is 9.90. The average molecular weight is 936 g/mol. The first-order chi connectivity index (χ1) is 26.7. The zero-order chi connectivity index (χ0) is 41.3. The van der Waals surface area contributed by atoms with Crippen molar-refractivity contribution in [3.8, 4) is 11.1 Å². The summed E-state index contributed by atoms with van der Waals surface area (Å²) in [6.07, 6.45) is 9.26. The molecule has 2 saturated heterocycles. The Morgan fingerprint density at radius 2 is 1.18 bits per heavy atom. The van der Waals surface area contributed by atoms with Crippen LogP contribution in [0, 0.1) is 3.57 Å². The minimum Gasteiger partial charge on any atom is -0.444 e. The minimum atomic E-state index is -0.529. The first kappa shape index (κ1) is 42.4. The topological polar surface area (TPSA) is 169 Å². The summed E-state index contributed by atoms with van der Waals surface area (Å²) in [6, 6.07) is 5.47. The van der Waals surface area contributed by atoms with Crippen LogP contribution in [0.25, 0.3) is 22.4 Å². The van der Waals surface area contributed by atoms with Gasteiger partial charge in [-0.25, -0.2) is 19.6 Å². The summed E-state index contributed by atoms with van der Waals surface area (Å²) in [7, 11) is 0. The molecule has 0 radical (unpaired) electrons. The molecule has 0 saturated carbocycles. The van der Waals surface area contributed by atoms with E-state index >= 15 is 0 Å². The molecule has 0 spiro atoms. The number of anilines is 2. The highest BCUT2D eigenvalue weighted by atomic mass is 127. The zero-order valence-corrected chi connectivity index (χ0v) is 37.1. The van der Waals surface area contributed by atoms with Gasteiger partial charge in [0.05, 0.1) is 13.6 Å². The van der Waals surface area contributed by atoms with Crippen LogP contribution in [0.5, 0.6) is 0 Å². The SMILES string of the molecule is CC1(NC(=O)OC(C)(C)C)CCN(c2ncc(-c3cccc(Cl)c3Cl)c3nncn23)CC1.CC1(NC(=O)OC(C)(C)C)CCN(c2ncc(I)c3nncn23)CC1. The van der Waals surface area contributed by atoms with Gasteiger partial charge >= 0.3 is 12.2 Å². The highest BCUT2D eigenvalue weighted by Crippen LogP contribution is 2.36. The number of carbonyl (C=O) groups is 2. The molecular formula is C38H49Cl2IN12O4. The van der Waals surface area contributed by atoms with Gasteiger partial charge in [0.15, 0.2) is 11.3 Å². The molecule has 7 rings (SSSR count). The second kappa shape index (κ2) is 16.6. The molecule has 57 heavy (non-hydrogen) atoms. The van der Waals surface area contributed by atoms with Gasteiger partial charge in [0.1, 0.15) is 23.9 Å². The molecule has 0 unspecified atom stereocenters. The summed E-state index contributed by atoms with van der Waals surface area (Å²) in [6.45, 7) is 18.3. The number of carbonyl (C=O) groups excluding carboxylic acids is 2. The van der Waals surface area contributed by atoms with Gasteiger partial charge in [0.25, 0.3) is 0 Å². The molecule has 6 heterocycles. The quantitative estimate of drug-likeness (QED) is 0.166. The summed E-state index contributed by atoms with van der Waals surface area (Å²) in [5, 5.41) is 23.5. The van der Waals surface area contributed by atoms with Crippen molar-refractivity contribution in [2.75, 3.05) is 36.0 Å². The van der Waals surface area contributed by atoms with Gasteiger partial charge in [-0.1, -0.05) is 35.3 Å². The zero-order valence-electron chi connectivity index (χ0n) is 33.4. The van der Waals surface area contributed by atoms with Crippen molar-refractivity contribution >= 4 is 81.2 Å². The van der Waals surface area contributed by atoms with Gasteiger partial charge in [-0.15, -0.1) is 20.4 Å². The molecule has 16 nitrogen and oxygen atoms in total. The van der Waals surface area contributed by atoms with Crippen LogP contribution in [0.1, 0.15) is 81.1 Å². The summed E-state index contributed by atoms with van der Waals surface area (Å²) < 4.78 is 15.5. The Labute approximate surface area is 355 Å². The van der Waals surface area contributed by atoms with E-state index < -0.39 is 17.3 Å². The third kappa shape index (κ3) is 10.3. The van der Waals surface area contributed by atoms with E-state index in [4.69, 9.17) is 37.7 Å². The van der Waals surface area contributed by atoms with Crippen LogP contribution < -0.4 is 20.4 Å². The molecule has 4 aromatic heterocycles. The fourth-order valence-corrected chi connectivity index (χ4v) is 7.62. The second-order valence-corrected chi connectivity index (χ2v) is 18.8. The number of hydrogen-bond acceptors (Lipinski definition) is 12. The maximum absolute atomic E-state index is 12.2. The van der Waals surface area contributed by atoms with Crippen LogP contribution in [0.3, 0.4) is 0 Å². The Balaban J connectivity index is 0.000000199. The van der Waals surface area contributed by atoms with Gasteiger partial charge in [-0.3, -0.25) is 8.80 Å². The number of piperidine rings is 2. The number of benzene rings is 1. The predicted molar refractivity (Wildman–Crippen MR) is 228 cm³/mol. The maximum Gasteiger partial charge on any atom is 0.408 e. The van der Waals surface area contributed by atoms with E-state index in [1.807, 2.05) is 75.6 Å². The number of ether oxygens (including phenoxy) is 2. The number of alkyl carbamates (subject to hydrolysis) is 2. The Bertz CT molecular complexity index is 2240. The molecule has 2 amide bonds. The third-order valence-corrected chi connectivity index (χ3v) is 11.3. The number of fused-ring (bicyclic) bond motifs is 2. The molecule has 2 aliphatic heterocycles. The number of hydrogen-bond donors (Lipinski definition) is 2. The van der Waals surface area contributed by atoms with Crippen molar-refractivity contribution in [2.45, 2.75) is 103 Å². The van der Waals surface area contributed by atoms with Crippen molar-refractivity contribution in [1.29, 1.82) is 0 Å². The maximum atomic E-state index is 12.2. The molecular weight excluding hydrogens is 886 g/mol. The molecule has 5 aromatic rings. The number of amides is 2. The number of aromatic nitrogens is 8. The van der Waals surface area contributed by atoms with Crippen LogP contribution >= 0.6 is 45.8 Å². The number of nitrogens with one attached hydrogen (secondary N) is 2. The van der Waals surface area contributed by atoms with Crippen molar-refractivity contribution in [3.05, 3.63) is 56.9 Å². The van der Waals surface area contributed by atoms with E-state index in [1.165, 1.54) is 0 Å². The smallest absolute Gasteiger partial charge is 0.408 e. The van der Waals surface area contributed by atoms with Crippen LogP contribution in [0.15, 0.2) is 43.2 Å². The van der Waals surface area contributed by atoms with E-state index in [2.05, 4.69) is 75.3 Å². The van der Waals surface area contributed by atoms with Crippen LogP contribution in [0.4, 0.5) is 21.5 Å². The number of halogens is 3. The highest BCUT2D eigenvalue weighted by Gasteiger charge is 2.36. The van der Waals surface area contributed by atoms with Crippen LogP contribution in [0.2, 0.25) is 10.0 Å². The molecule has 0 atom stereocenters.